The van der Waals surface area contributed by atoms with Crippen molar-refractivity contribution in [2.75, 3.05) is 0 Å². The van der Waals surface area contributed by atoms with E-state index in [1.54, 1.807) is 12.5 Å². The van der Waals surface area contributed by atoms with Crippen LogP contribution in [0, 0.1) is 5.82 Å². The first-order chi connectivity index (χ1) is 7.74. The maximum Gasteiger partial charge on any atom is 0.156 e. The van der Waals surface area contributed by atoms with Gasteiger partial charge in [-0.2, -0.15) is 0 Å². The average Bonchev–Trinajstić information content (AvgIpc) is 2.86. The zero-order valence-corrected chi connectivity index (χ0v) is 8.72. The van der Waals surface area contributed by atoms with Crippen molar-refractivity contribution in [2.24, 2.45) is 0 Å². The summed E-state index contributed by atoms with van der Waals surface area (Å²) in [5, 5.41) is 0.0650. The summed E-state index contributed by atoms with van der Waals surface area (Å²) in [7, 11) is 0. The number of rotatable bonds is 1. The number of nitrogens with zero attached hydrogens (tertiary/aromatic N) is 2. The number of halogens is 2. The Morgan fingerprint density at radius 2 is 2.19 bits per heavy atom. The molecule has 0 fully saturated rings. The minimum atomic E-state index is -0.464. The highest BCUT2D eigenvalue weighted by atomic mass is 35.5. The molecule has 4 nitrogen and oxygen atoms in total. The van der Waals surface area contributed by atoms with Crippen molar-refractivity contribution >= 4 is 22.6 Å². The largest absolute Gasteiger partial charge is 0.342 e. The highest BCUT2D eigenvalue weighted by Gasteiger charge is 2.09. The van der Waals surface area contributed by atoms with E-state index in [1.165, 1.54) is 12.1 Å². The fraction of sp³-hybridized carbons (Fsp3) is 0. The summed E-state index contributed by atoms with van der Waals surface area (Å²) in [6, 6.07) is 2.81. The van der Waals surface area contributed by atoms with Crippen LogP contribution < -0.4 is 0 Å². The van der Waals surface area contributed by atoms with Crippen LogP contribution in [0.4, 0.5) is 4.39 Å². The number of imidazole rings is 2. The Kier molecular flexibility index (Phi) is 1.94. The van der Waals surface area contributed by atoms with Crippen LogP contribution >= 0.6 is 11.6 Å². The van der Waals surface area contributed by atoms with Crippen molar-refractivity contribution in [3.8, 4) is 11.5 Å². The highest BCUT2D eigenvalue weighted by molar-refractivity contribution is 6.31. The zero-order valence-electron chi connectivity index (χ0n) is 7.96. The molecule has 2 heterocycles. The number of aromatic nitrogens is 4. The summed E-state index contributed by atoms with van der Waals surface area (Å²) < 4.78 is 13.2. The molecule has 0 aliphatic rings. The third-order valence-corrected chi connectivity index (χ3v) is 2.57. The number of benzene rings is 1. The molecule has 0 unspecified atom stereocenters. The molecule has 2 N–H and O–H groups in total. The second-order valence-corrected chi connectivity index (χ2v) is 3.74. The van der Waals surface area contributed by atoms with Gasteiger partial charge in [-0.25, -0.2) is 14.4 Å². The topological polar surface area (TPSA) is 57.4 Å². The van der Waals surface area contributed by atoms with Gasteiger partial charge in [-0.1, -0.05) is 11.6 Å². The summed E-state index contributed by atoms with van der Waals surface area (Å²) >= 11 is 5.67. The van der Waals surface area contributed by atoms with Crippen molar-refractivity contribution in [2.45, 2.75) is 0 Å². The van der Waals surface area contributed by atoms with Gasteiger partial charge < -0.3 is 9.97 Å². The molecule has 0 aliphatic carbocycles. The van der Waals surface area contributed by atoms with Crippen LogP contribution in [0.2, 0.25) is 5.02 Å². The second kappa shape index (κ2) is 3.31. The summed E-state index contributed by atoms with van der Waals surface area (Å²) in [5.41, 5.74) is 1.97. The Morgan fingerprint density at radius 1 is 1.31 bits per heavy atom. The summed E-state index contributed by atoms with van der Waals surface area (Å²) in [4.78, 5) is 14.1. The molecule has 0 amide bonds. The normalized spacial score (nSPS) is 11.1. The van der Waals surface area contributed by atoms with E-state index >= 15 is 0 Å². The molecule has 0 radical (unpaired) electrons. The molecule has 0 saturated heterocycles. The minimum absolute atomic E-state index is 0.0650. The van der Waals surface area contributed by atoms with Gasteiger partial charge in [0.1, 0.15) is 11.5 Å². The van der Waals surface area contributed by atoms with Gasteiger partial charge in [0.15, 0.2) is 5.82 Å². The molecule has 3 aromatic rings. The van der Waals surface area contributed by atoms with E-state index in [0.29, 0.717) is 16.9 Å². The quantitative estimate of drug-likeness (QED) is 0.683. The number of hydrogen-bond acceptors (Lipinski definition) is 2. The number of hydrogen-bond donors (Lipinski definition) is 2. The molecule has 0 spiro atoms. The second-order valence-electron chi connectivity index (χ2n) is 3.33. The summed E-state index contributed by atoms with van der Waals surface area (Å²) in [6.07, 6.45) is 3.19. The Morgan fingerprint density at radius 3 is 2.94 bits per heavy atom. The van der Waals surface area contributed by atoms with Crippen molar-refractivity contribution < 1.29 is 4.39 Å². The standard InChI is InChI=1S/C10H6ClFN4/c11-5-1-7-8(2-6(5)12)16-10(15-7)9-3-13-4-14-9/h1-4H,(H,13,14)(H,15,16). The van der Waals surface area contributed by atoms with Crippen LogP contribution in [0.3, 0.4) is 0 Å². The van der Waals surface area contributed by atoms with Gasteiger partial charge >= 0.3 is 0 Å². The lowest BCUT2D eigenvalue weighted by molar-refractivity contribution is 0.630. The van der Waals surface area contributed by atoms with Crippen LogP contribution in [0.15, 0.2) is 24.7 Å². The first-order valence-electron chi connectivity index (χ1n) is 4.57. The molecule has 3 rings (SSSR count). The van der Waals surface area contributed by atoms with E-state index in [2.05, 4.69) is 19.9 Å². The smallest absolute Gasteiger partial charge is 0.156 e. The highest BCUT2D eigenvalue weighted by Crippen LogP contribution is 2.23. The molecule has 0 saturated carbocycles. The van der Waals surface area contributed by atoms with Crippen molar-refractivity contribution in [3.05, 3.63) is 35.5 Å². The number of nitrogens with one attached hydrogen (secondary N) is 2. The van der Waals surface area contributed by atoms with Gasteiger partial charge in [0.25, 0.3) is 0 Å². The van der Waals surface area contributed by atoms with Gasteiger partial charge in [0, 0.05) is 6.07 Å². The van der Waals surface area contributed by atoms with Crippen LogP contribution in [0.5, 0.6) is 0 Å². The van der Waals surface area contributed by atoms with Crippen LogP contribution in [-0.4, -0.2) is 19.9 Å². The maximum atomic E-state index is 13.2. The zero-order chi connectivity index (χ0) is 11.1. The molecular formula is C10H6ClFN4. The maximum absolute atomic E-state index is 13.2. The number of aromatic amines is 2. The van der Waals surface area contributed by atoms with Crippen molar-refractivity contribution in [3.63, 3.8) is 0 Å². The van der Waals surface area contributed by atoms with Crippen molar-refractivity contribution in [1.82, 2.24) is 19.9 Å². The summed E-state index contributed by atoms with van der Waals surface area (Å²) in [6.45, 7) is 0. The fourth-order valence-corrected chi connectivity index (χ4v) is 1.68. The third-order valence-electron chi connectivity index (χ3n) is 2.28. The predicted molar refractivity (Wildman–Crippen MR) is 58.6 cm³/mol. The molecule has 1 aromatic carbocycles. The Balaban J connectivity index is 2.23. The van der Waals surface area contributed by atoms with Gasteiger partial charge in [0.2, 0.25) is 0 Å². The first kappa shape index (κ1) is 9.35. The first-order valence-corrected chi connectivity index (χ1v) is 4.95. The molecule has 6 heteroatoms. The molecule has 0 atom stereocenters. The predicted octanol–water partition coefficient (Wildman–Crippen LogP) is 2.75. The third kappa shape index (κ3) is 1.37. The van der Waals surface area contributed by atoms with E-state index < -0.39 is 5.82 Å². The van der Waals surface area contributed by atoms with E-state index in [9.17, 15) is 4.39 Å². The molecule has 0 bridgehead atoms. The van der Waals surface area contributed by atoms with Crippen molar-refractivity contribution in [1.29, 1.82) is 0 Å². The fourth-order valence-electron chi connectivity index (χ4n) is 1.52. The van der Waals surface area contributed by atoms with E-state index in [4.69, 9.17) is 11.6 Å². The van der Waals surface area contributed by atoms with Crippen LogP contribution in [-0.2, 0) is 0 Å². The van der Waals surface area contributed by atoms with E-state index in [-0.39, 0.29) is 5.02 Å². The molecule has 80 valence electrons. The number of fused-ring (bicyclic) bond motifs is 1. The van der Waals surface area contributed by atoms with Crippen LogP contribution in [0.1, 0.15) is 0 Å². The number of H-pyrrole nitrogens is 2. The van der Waals surface area contributed by atoms with Gasteiger partial charge in [-0.05, 0) is 6.07 Å². The van der Waals surface area contributed by atoms with Crippen LogP contribution in [0.25, 0.3) is 22.6 Å². The molecule has 2 aromatic heterocycles. The SMILES string of the molecule is Fc1cc2[nH]c(-c3cnc[nH]3)nc2cc1Cl. The minimum Gasteiger partial charge on any atom is -0.342 e. The molecule has 0 aliphatic heterocycles. The van der Waals surface area contributed by atoms with E-state index in [0.717, 1.165) is 5.69 Å². The Labute approximate surface area is 94.5 Å². The van der Waals surface area contributed by atoms with E-state index in [1.807, 2.05) is 0 Å². The average molecular weight is 237 g/mol. The lowest BCUT2D eigenvalue weighted by Gasteiger charge is -1.91. The van der Waals surface area contributed by atoms with Gasteiger partial charge in [-0.3, -0.25) is 0 Å². The monoisotopic (exact) mass is 236 g/mol. The summed E-state index contributed by atoms with van der Waals surface area (Å²) in [5.74, 6) is 0.142. The molecule has 16 heavy (non-hydrogen) atoms. The van der Waals surface area contributed by atoms with Gasteiger partial charge in [0.05, 0.1) is 28.6 Å². The lowest BCUT2D eigenvalue weighted by atomic mass is 10.3. The Hall–Kier alpha value is -1.88. The molecular weight excluding hydrogens is 231 g/mol. The Bertz CT molecular complexity index is 605. The van der Waals surface area contributed by atoms with Gasteiger partial charge in [-0.15, -0.1) is 0 Å². The lowest BCUT2D eigenvalue weighted by Crippen LogP contribution is -1.78.